The quantitative estimate of drug-likeness (QED) is 0.113. The Bertz CT molecular complexity index is 324. The van der Waals surface area contributed by atoms with Crippen LogP contribution in [0.15, 0.2) is 12.7 Å². The third-order valence-corrected chi connectivity index (χ3v) is 5.46. The lowest BCUT2D eigenvalue weighted by atomic mass is 10.0. The molecule has 0 rings (SSSR count). The zero-order chi connectivity index (χ0) is 20.0. The number of ether oxygens (including phenoxy) is 1. The molecule has 0 fully saturated rings. The Morgan fingerprint density at radius 3 is 1.33 bits per heavy atom. The van der Waals surface area contributed by atoms with Crippen LogP contribution in [-0.4, -0.2) is 12.1 Å². The first-order chi connectivity index (χ1) is 13.2. The van der Waals surface area contributed by atoms with Crippen LogP contribution in [0.4, 0.5) is 0 Å². The highest BCUT2D eigenvalue weighted by atomic mass is 16.5. The number of rotatable bonds is 21. The topological polar surface area (TPSA) is 26.3 Å². The monoisotopic (exact) mass is 380 g/mol. The number of unbranched alkanes of at least 4 members (excludes halogenated alkanes) is 15. The van der Waals surface area contributed by atoms with Crippen LogP contribution in [0.5, 0.6) is 0 Å². The van der Waals surface area contributed by atoms with Gasteiger partial charge in [-0.25, -0.2) is 4.79 Å². The second kappa shape index (κ2) is 21.5. The van der Waals surface area contributed by atoms with Crippen molar-refractivity contribution in [3.8, 4) is 0 Å². The average Bonchev–Trinajstić information content (AvgIpc) is 2.68. The Hall–Kier alpha value is -0.790. The van der Waals surface area contributed by atoms with Crippen molar-refractivity contribution in [3.05, 3.63) is 12.7 Å². The molecule has 0 radical (unpaired) electrons. The summed E-state index contributed by atoms with van der Waals surface area (Å²) in [4.78, 5) is 11.6. The molecule has 0 bridgehead atoms. The highest BCUT2D eigenvalue weighted by molar-refractivity contribution is 5.81. The van der Waals surface area contributed by atoms with Crippen molar-refractivity contribution in [2.45, 2.75) is 142 Å². The van der Waals surface area contributed by atoms with Crippen molar-refractivity contribution in [1.29, 1.82) is 0 Å². The summed E-state index contributed by atoms with van der Waals surface area (Å²) < 4.78 is 5.57. The van der Waals surface area contributed by atoms with Crippen molar-refractivity contribution < 1.29 is 9.53 Å². The second-order valence-electron chi connectivity index (χ2n) is 8.14. The molecule has 0 heterocycles. The van der Waals surface area contributed by atoms with E-state index in [2.05, 4.69) is 20.4 Å². The molecule has 0 spiro atoms. The Labute approximate surface area is 170 Å². The molecule has 0 aliphatic heterocycles. The van der Waals surface area contributed by atoms with Crippen molar-refractivity contribution in [3.63, 3.8) is 0 Å². The van der Waals surface area contributed by atoms with Gasteiger partial charge in [-0.05, 0) is 25.7 Å². The van der Waals surface area contributed by atoms with Crippen LogP contribution in [0.2, 0.25) is 0 Å². The maximum atomic E-state index is 11.6. The number of esters is 1. The van der Waals surface area contributed by atoms with E-state index in [1.807, 2.05) is 0 Å². The van der Waals surface area contributed by atoms with Crippen molar-refractivity contribution in [2.24, 2.45) is 0 Å². The van der Waals surface area contributed by atoms with E-state index in [1.54, 1.807) is 0 Å². The maximum absolute atomic E-state index is 11.6. The van der Waals surface area contributed by atoms with Crippen LogP contribution < -0.4 is 0 Å². The molecule has 2 nitrogen and oxygen atoms in total. The lowest BCUT2D eigenvalue weighted by Gasteiger charge is -2.17. The van der Waals surface area contributed by atoms with Gasteiger partial charge in [0.25, 0.3) is 0 Å². The molecule has 0 aromatic heterocycles. The molecular weight excluding hydrogens is 332 g/mol. The van der Waals surface area contributed by atoms with Gasteiger partial charge in [-0.2, -0.15) is 0 Å². The summed E-state index contributed by atoms with van der Waals surface area (Å²) in [5, 5.41) is 0. The van der Waals surface area contributed by atoms with E-state index in [1.165, 1.54) is 115 Å². The fourth-order valence-corrected chi connectivity index (χ4v) is 3.66. The molecule has 0 aliphatic rings. The molecule has 160 valence electrons. The number of hydrogen-bond acceptors (Lipinski definition) is 2. The first kappa shape index (κ1) is 26.2. The zero-order valence-electron chi connectivity index (χ0n) is 18.6. The number of hydrogen-bond donors (Lipinski definition) is 0. The third-order valence-electron chi connectivity index (χ3n) is 5.46. The number of carbonyl (C=O) groups is 1. The van der Waals surface area contributed by atoms with Crippen LogP contribution in [-0.2, 0) is 9.53 Å². The van der Waals surface area contributed by atoms with Gasteiger partial charge in [-0.1, -0.05) is 117 Å². The summed E-state index contributed by atoms with van der Waals surface area (Å²) >= 11 is 0. The van der Waals surface area contributed by atoms with Gasteiger partial charge in [0.2, 0.25) is 0 Å². The maximum Gasteiger partial charge on any atom is 0.330 e. The van der Waals surface area contributed by atoms with E-state index in [0.29, 0.717) is 0 Å². The van der Waals surface area contributed by atoms with Crippen molar-refractivity contribution in [2.75, 3.05) is 0 Å². The van der Waals surface area contributed by atoms with Crippen molar-refractivity contribution in [1.82, 2.24) is 0 Å². The predicted octanol–water partition coefficient (Wildman–Crippen LogP) is 8.54. The zero-order valence-corrected chi connectivity index (χ0v) is 18.6. The largest absolute Gasteiger partial charge is 0.459 e. The van der Waals surface area contributed by atoms with Crippen molar-refractivity contribution >= 4 is 5.97 Å². The standard InChI is InChI=1S/C25H48O2/c1-4-7-9-11-13-15-17-19-21-23-24(27-25(26)6-3)22-20-18-16-14-12-10-8-5-2/h6,24H,3-5,7-23H2,1-2H3. The predicted molar refractivity (Wildman–Crippen MR) is 119 cm³/mol. The summed E-state index contributed by atoms with van der Waals surface area (Å²) in [6.45, 7) is 8.06. The molecule has 2 heteroatoms. The van der Waals surface area contributed by atoms with Gasteiger partial charge < -0.3 is 4.74 Å². The van der Waals surface area contributed by atoms with Crippen LogP contribution in [0.3, 0.4) is 0 Å². The normalized spacial score (nSPS) is 12.1. The van der Waals surface area contributed by atoms with Gasteiger partial charge in [-0.3, -0.25) is 0 Å². The van der Waals surface area contributed by atoms with Crippen LogP contribution in [0, 0.1) is 0 Å². The highest BCUT2D eigenvalue weighted by Crippen LogP contribution is 2.17. The van der Waals surface area contributed by atoms with Gasteiger partial charge in [0.15, 0.2) is 0 Å². The molecule has 1 atom stereocenters. The summed E-state index contributed by atoms with van der Waals surface area (Å²) in [6, 6.07) is 0. The average molecular weight is 381 g/mol. The van der Waals surface area contributed by atoms with E-state index >= 15 is 0 Å². The minimum atomic E-state index is -0.254. The minimum Gasteiger partial charge on any atom is -0.459 e. The first-order valence-corrected chi connectivity index (χ1v) is 12.1. The van der Waals surface area contributed by atoms with Crippen LogP contribution in [0.25, 0.3) is 0 Å². The highest BCUT2D eigenvalue weighted by Gasteiger charge is 2.12. The van der Waals surface area contributed by atoms with E-state index in [-0.39, 0.29) is 12.1 Å². The Morgan fingerprint density at radius 2 is 1.00 bits per heavy atom. The molecule has 0 aromatic rings. The molecule has 0 aromatic carbocycles. The summed E-state index contributed by atoms with van der Waals surface area (Å²) in [5.74, 6) is -0.254. The van der Waals surface area contributed by atoms with Gasteiger partial charge in [0.1, 0.15) is 6.10 Å². The lowest BCUT2D eigenvalue weighted by molar-refractivity contribution is -0.143. The number of carbonyl (C=O) groups excluding carboxylic acids is 1. The Balaban J connectivity index is 3.72. The molecular formula is C25H48O2. The van der Waals surface area contributed by atoms with Gasteiger partial charge in [0, 0.05) is 6.08 Å². The smallest absolute Gasteiger partial charge is 0.330 e. The van der Waals surface area contributed by atoms with E-state index in [4.69, 9.17) is 4.74 Å². The minimum absolute atomic E-state index is 0.0974. The molecule has 0 N–H and O–H groups in total. The fraction of sp³-hybridized carbons (Fsp3) is 0.880. The van der Waals surface area contributed by atoms with Gasteiger partial charge in [-0.15, -0.1) is 0 Å². The Morgan fingerprint density at radius 1 is 0.667 bits per heavy atom. The summed E-state index contributed by atoms with van der Waals surface area (Å²) in [7, 11) is 0. The molecule has 0 aliphatic carbocycles. The molecule has 0 saturated heterocycles. The summed E-state index contributed by atoms with van der Waals surface area (Å²) in [6.07, 6.45) is 26.0. The van der Waals surface area contributed by atoms with E-state index < -0.39 is 0 Å². The molecule has 27 heavy (non-hydrogen) atoms. The fourth-order valence-electron chi connectivity index (χ4n) is 3.66. The van der Waals surface area contributed by atoms with E-state index in [0.717, 1.165) is 12.8 Å². The SMILES string of the molecule is C=CC(=O)OC(CCCCCCCCCC)CCCCCCCCCCC. The Kier molecular flexibility index (Phi) is 20.9. The first-order valence-electron chi connectivity index (χ1n) is 12.1. The molecule has 1 unspecified atom stereocenters. The van der Waals surface area contributed by atoms with Crippen LogP contribution >= 0.6 is 0 Å². The molecule has 0 saturated carbocycles. The molecule has 0 amide bonds. The summed E-state index contributed by atoms with van der Waals surface area (Å²) in [5.41, 5.74) is 0. The van der Waals surface area contributed by atoms with Crippen LogP contribution in [0.1, 0.15) is 136 Å². The third kappa shape index (κ3) is 19.8. The second-order valence-corrected chi connectivity index (χ2v) is 8.14. The van der Waals surface area contributed by atoms with E-state index in [9.17, 15) is 4.79 Å². The van der Waals surface area contributed by atoms with Gasteiger partial charge in [0.05, 0.1) is 0 Å². The van der Waals surface area contributed by atoms with Gasteiger partial charge >= 0.3 is 5.97 Å². The lowest BCUT2D eigenvalue weighted by Crippen LogP contribution is -2.16.